The zero-order valence-corrected chi connectivity index (χ0v) is 18.8. The van der Waals surface area contributed by atoms with Gasteiger partial charge in [-0.3, -0.25) is 4.90 Å². The third-order valence-corrected chi connectivity index (χ3v) is 5.65. The number of para-hydroxylation sites is 1. The molecule has 0 spiro atoms. The second-order valence-corrected chi connectivity index (χ2v) is 7.74. The van der Waals surface area contributed by atoms with Gasteiger partial charge in [-0.2, -0.15) is 0 Å². The van der Waals surface area contributed by atoms with Gasteiger partial charge in [0.25, 0.3) is 0 Å². The van der Waals surface area contributed by atoms with Gasteiger partial charge >= 0.3 is 5.97 Å². The van der Waals surface area contributed by atoms with Crippen LogP contribution < -0.4 is 9.47 Å². The number of aromatic nitrogens is 1. The van der Waals surface area contributed by atoms with Gasteiger partial charge in [-0.1, -0.05) is 37.1 Å². The second kappa shape index (κ2) is 9.76. The predicted molar refractivity (Wildman–Crippen MR) is 129 cm³/mol. The molecule has 3 aromatic rings. The summed E-state index contributed by atoms with van der Waals surface area (Å²) in [5, 5.41) is 10.7. The van der Waals surface area contributed by atoms with Crippen molar-refractivity contribution >= 4 is 28.5 Å². The molecule has 1 N–H and O–H groups in total. The molecule has 0 aliphatic carbocycles. The monoisotopic (exact) mass is 442 g/mol. The summed E-state index contributed by atoms with van der Waals surface area (Å²) in [5.74, 6) is 2.74. The summed E-state index contributed by atoms with van der Waals surface area (Å²) in [4.78, 5) is 19.4. The van der Waals surface area contributed by atoms with Crippen LogP contribution in [0.1, 0.15) is 41.0 Å². The highest BCUT2D eigenvalue weighted by atomic mass is 16.5. The van der Waals surface area contributed by atoms with Gasteiger partial charge in [0.15, 0.2) is 11.5 Å². The quantitative estimate of drug-likeness (QED) is 0.534. The molecule has 6 nitrogen and oxygen atoms in total. The molecule has 0 radical (unpaired) electrons. The summed E-state index contributed by atoms with van der Waals surface area (Å²) in [6, 6.07) is 13.1. The van der Waals surface area contributed by atoms with Crippen LogP contribution in [0.15, 0.2) is 42.5 Å². The van der Waals surface area contributed by atoms with Gasteiger partial charge in [0.1, 0.15) is 6.61 Å². The van der Waals surface area contributed by atoms with Gasteiger partial charge in [0.05, 0.1) is 23.4 Å². The Morgan fingerprint density at radius 3 is 2.73 bits per heavy atom. The average Bonchev–Trinajstić information content (AvgIpc) is 2.82. The van der Waals surface area contributed by atoms with Crippen LogP contribution in [-0.2, 0) is 6.54 Å². The molecule has 1 aliphatic heterocycles. The molecule has 4 rings (SSSR count). The van der Waals surface area contributed by atoms with Crippen LogP contribution in [0, 0.1) is 12.3 Å². The van der Waals surface area contributed by atoms with E-state index in [1.807, 2.05) is 55.5 Å². The van der Waals surface area contributed by atoms with Crippen LogP contribution in [0.5, 0.6) is 11.5 Å². The third-order valence-electron chi connectivity index (χ3n) is 5.65. The number of likely N-dealkylation sites (N-methyl/N-ethyl adjacent to an activating group) is 1. The summed E-state index contributed by atoms with van der Waals surface area (Å²) >= 11 is 0. The zero-order valence-electron chi connectivity index (χ0n) is 18.8. The number of carboxylic acid groups (broad SMARTS) is 1. The fraction of sp³-hybridized carbons (Fsp3) is 0.259. The number of ether oxygens (including phenoxy) is 2. The van der Waals surface area contributed by atoms with E-state index in [0.717, 1.165) is 28.9 Å². The third kappa shape index (κ3) is 4.55. The molecule has 168 valence electrons. The van der Waals surface area contributed by atoms with Crippen molar-refractivity contribution in [2.75, 3.05) is 26.3 Å². The van der Waals surface area contributed by atoms with Crippen molar-refractivity contribution in [3.8, 4) is 23.8 Å². The summed E-state index contributed by atoms with van der Waals surface area (Å²) in [5.41, 5.74) is 4.37. The lowest BCUT2D eigenvalue weighted by Gasteiger charge is -2.30. The maximum Gasteiger partial charge on any atom is 0.336 e. The lowest BCUT2D eigenvalue weighted by molar-refractivity contribution is 0.0696. The highest BCUT2D eigenvalue weighted by molar-refractivity contribution is 6.06. The van der Waals surface area contributed by atoms with Gasteiger partial charge in [-0.25, -0.2) is 9.78 Å². The number of nitrogens with zero attached hydrogens (tertiary/aromatic N) is 2. The summed E-state index contributed by atoms with van der Waals surface area (Å²) in [7, 11) is 0. The molecule has 1 aromatic heterocycles. The zero-order chi connectivity index (χ0) is 23.4. The van der Waals surface area contributed by atoms with Gasteiger partial charge in [0, 0.05) is 24.0 Å². The average molecular weight is 443 g/mol. The van der Waals surface area contributed by atoms with E-state index >= 15 is 0 Å². The minimum Gasteiger partial charge on any atom is -0.490 e. The Morgan fingerprint density at radius 2 is 2.00 bits per heavy atom. The molecule has 2 heterocycles. The normalized spacial score (nSPS) is 14.6. The molecule has 0 atom stereocenters. The van der Waals surface area contributed by atoms with Crippen molar-refractivity contribution < 1.29 is 19.4 Å². The molecular formula is C27H26N2O4. The van der Waals surface area contributed by atoms with E-state index in [9.17, 15) is 9.90 Å². The minimum absolute atomic E-state index is 0.161. The molecule has 0 unspecified atom stereocenters. The molecular weight excluding hydrogens is 416 g/mol. The number of terminal acetylenes is 1. The van der Waals surface area contributed by atoms with Crippen molar-refractivity contribution in [2.24, 2.45) is 0 Å². The Kier molecular flexibility index (Phi) is 6.62. The smallest absolute Gasteiger partial charge is 0.336 e. The summed E-state index contributed by atoms with van der Waals surface area (Å²) in [6.45, 7) is 6.66. The molecule has 6 heteroatoms. The molecule has 0 saturated carbocycles. The summed E-state index contributed by atoms with van der Waals surface area (Å²) < 4.78 is 11.4. The van der Waals surface area contributed by atoms with E-state index in [1.165, 1.54) is 0 Å². The number of fused-ring (bicyclic) bond motifs is 2. The van der Waals surface area contributed by atoms with E-state index in [2.05, 4.69) is 17.7 Å². The first-order valence-electron chi connectivity index (χ1n) is 11.0. The highest BCUT2D eigenvalue weighted by Gasteiger charge is 2.28. The Hall–Kier alpha value is -3.82. The van der Waals surface area contributed by atoms with Crippen molar-refractivity contribution in [3.63, 3.8) is 0 Å². The molecule has 0 fully saturated rings. The SMILES string of the molecule is C#CCOc1ccc(/C=C2/CN(CC)Cc3c2nc2ccccc2c3C(=O)O)cc1OCC. The van der Waals surface area contributed by atoms with E-state index in [4.69, 9.17) is 20.9 Å². The number of aromatic carboxylic acids is 1. The Bertz CT molecular complexity index is 1270. The lowest BCUT2D eigenvalue weighted by atomic mass is 9.92. The number of rotatable bonds is 7. The number of hydrogen-bond acceptors (Lipinski definition) is 5. The number of benzene rings is 2. The van der Waals surface area contributed by atoms with E-state index in [-0.39, 0.29) is 6.61 Å². The molecule has 2 aromatic carbocycles. The van der Waals surface area contributed by atoms with Crippen LogP contribution >= 0.6 is 0 Å². The lowest BCUT2D eigenvalue weighted by Crippen LogP contribution is -2.31. The first-order valence-corrected chi connectivity index (χ1v) is 11.0. The molecule has 0 amide bonds. The first-order chi connectivity index (χ1) is 16.0. The van der Waals surface area contributed by atoms with Gasteiger partial charge in [-0.15, -0.1) is 6.42 Å². The molecule has 0 saturated heterocycles. The van der Waals surface area contributed by atoms with Crippen molar-refractivity contribution in [3.05, 3.63) is 64.8 Å². The Labute approximate surface area is 193 Å². The van der Waals surface area contributed by atoms with Crippen LogP contribution in [0.2, 0.25) is 0 Å². The van der Waals surface area contributed by atoms with Crippen molar-refractivity contribution in [2.45, 2.75) is 20.4 Å². The van der Waals surface area contributed by atoms with E-state index in [1.54, 1.807) is 0 Å². The topological polar surface area (TPSA) is 71.9 Å². The van der Waals surface area contributed by atoms with Crippen LogP contribution in [0.3, 0.4) is 0 Å². The first kappa shape index (κ1) is 22.4. The van der Waals surface area contributed by atoms with Crippen molar-refractivity contribution in [1.29, 1.82) is 0 Å². The Morgan fingerprint density at radius 1 is 1.18 bits per heavy atom. The maximum absolute atomic E-state index is 12.3. The Balaban J connectivity index is 1.87. The fourth-order valence-corrected chi connectivity index (χ4v) is 4.17. The number of carboxylic acids is 1. The van der Waals surface area contributed by atoms with Gasteiger partial charge in [-0.05, 0) is 48.9 Å². The largest absolute Gasteiger partial charge is 0.490 e. The van der Waals surface area contributed by atoms with Gasteiger partial charge < -0.3 is 14.6 Å². The fourth-order valence-electron chi connectivity index (χ4n) is 4.17. The second-order valence-electron chi connectivity index (χ2n) is 7.74. The van der Waals surface area contributed by atoms with Gasteiger partial charge in [0.2, 0.25) is 0 Å². The molecule has 0 bridgehead atoms. The number of hydrogen-bond donors (Lipinski definition) is 1. The van der Waals surface area contributed by atoms with E-state index < -0.39 is 5.97 Å². The standard InChI is InChI=1S/C27H26N2O4/c1-4-13-33-23-12-11-18(15-24(23)32-6-3)14-19-16-29(5-2)17-21-25(27(30)31)20-9-7-8-10-22(20)28-26(19)21/h1,7-12,14-15H,5-6,13,16-17H2,2-3H3,(H,30,31)/b19-14-. The minimum atomic E-state index is -0.934. The van der Waals surface area contributed by atoms with Crippen LogP contribution in [-0.4, -0.2) is 47.3 Å². The predicted octanol–water partition coefficient (Wildman–Crippen LogP) is 4.72. The molecule has 33 heavy (non-hydrogen) atoms. The van der Waals surface area contributed by atoms with Crippen molar-refractivity contribution in [1.82, 2.24) is 9.88 Å². The van der Waals surface area contributed by atoms with Crippen LogP contribution in [0.4, 0.5) is 0 Å². The van der Waals surface area contributed by atoms with Crippen LogP contribution in [0.25, 0.3) is 22.6 Å². The number of carbonyl (C=O) groups is 1. The van der Waals surface area contributed by atoms with E-state index in [0.29, 0.717) is 47.7 Å². The summed E-state index contributed by atoms with van der Waals surface area (Å²) in [6.07, 6.45) is 7.36. The highest BCUT2D eigenvalue weighted by Crippen LogP contribution is 2.35. The number of pyridine rings is 1. The maximum atomic E-state index is 12.3. The molecule has 1 aliphatic rings.